The van der Waals surface area contributed by atoms with Gasteiger partial charge in [0.1, 0.15) is 0 Å². The molecule has 0 aromatic carbocycles. The average Bonchev–Trinajstić information content (AvgIpc) is 2.52. The lowest BCUT2D eigenvalue weighted by Crippen LogP contribution is -2.28. The van der Waals surface area contributed by atoms with Crippen LogP contribution in [0, 0.1) is 12.3 Å². The van der Waals surface area contributed by atoms with Gasteiger partial charge >= 0.3 is 0 Å². The Morgan fingerprint density at radius 1 is 1.73 bits per heavy atom. The van der Waals surface area contributed by atoms with Gasteiger partial charge in [0.2, 0.25) is 0 Å². The molecular weight excluding hydrogens is 196 g/mol. The molecule has 0 spiro atoms. The number of amides is 2. The first kappa shape index (κ1) is 11.1. The van der Waals surface area contributed by atoms with Crippen LogP contribution in [0.2, 0.25) is 0 Å². The van der Waals surface area contributed by atoms with Gasteiger partial charge in [-0.15, -0.1) is 6.42 Å². The van der Waals surface area contributed by atoms with Gasteiger partial charge in [-0.05, 0) is 0 Å². The molecule has 1 aliphatic heterocycles. The van der Waals surface area contributed by atoms with E-state index < -0.39 is 0 Å². The van der Waals surface area contributed by atoms with Crippen molar-refractivity contribution in [3.63, 3.8) is 0 Å². The summed E-state index contributed by atoms with van der Waals surface area (Å²) < 4.78 is 4.88. The maximum atomic E-state index is 11.5. The van der Waals surface area contributed by atoms with E-state index in [4.69, 9.17) is 11.2 Å². The quantitative estimate of drug-likeness (QED) is 0.612. The molecule has 15 heavy (non-hydrogen) atoms. The largest absolute Gasteiger partial charge is 0.491 e. The van der Waals surface area contributed by atoms with Crippen LogP contribution < -0.4 is 5.32 Å². The van der Waals surface area contributed by atoms with E-state index in [0.29, 0.717) is 5.57 Å². The van der Waals surface area contributed by atoms with E-state index in [-0.39, 0.29) is 30.7 Å². The van der Waals surface area contributed by atoms with Crippen LogP contribution >= 0.6 is 0 Å². The minimum absolute atomic E-state index is 0.0898. The lowest BCUT2D eigenvalue weighted by atomic mass is 10.2. The topological polar surface area (TPSA) is 58.6 Å². The Labute approximate surface area is 88.1 Å². The van der Waals surface area contributed by atoms with Crippen LogP contribution in [0.3, 0.4) is 0 Å². The van der Waals surface area contributed by atoms with Gasteiger partial charge in [-0.1, -0.05) is 5.92 Å². The molecule has 2 amide bonds. The third-order valence-electron chi connectivity index (χ3n) is 2.04. The van der Waals surface area contributed by atoms with E-state index in [1.165, 1.54) is 12.0 Å². The first-order valence-corrected chi connectivity index (χ1v) is 4.36. The van der Waals surface area contributed by atoms with Crippen molar-refractivity contribution in [3.8, 4) is 12.3 Å². The number of hydrogen-bond donors (Lipinski definition) is 1. The number of likely N-dealkylation sites (N-methyl/N-ethyl adjacent to an activating group) is 1. The van der Waals surface area contributed by atoms with Crippen molar-refractivity contribution in [1.29, 1.82) is 0 Å². The third-order valence-corrected chi connectivity index (χ3v) is 2.04. The summed E-state index contributed by atoms with van der Waals surface area (Å²) in [6, 6.07) is 0. The van der Waals surface area contributed by atoms with Gasteiger partial charge in [-0.3, -0.25) is 9.59 Å². The highest BCUT2D eigenvalue weighted by Crippen LogP contribution is 2.17. The molecule has 0 fully saturated rings. The first-order chi connectivity index (χ1) is 7.11. The van der Waals surface area contributed by atoms with Crippen LogP contribution in [0.25, 0.3) is 0 Å². The van der Waals surface area contributed by atoms with Crippen LogP contribution in [-0.4, -0.2) is 44.0 Å². The lowest BCUT2D eigenvalue weighted by molar-refractivity contribution is -0.127. The predicted octanol–water partition coefficient (Wildman–Crippen LogP) is -0.892. The highest BCUT2D eigenvalue weighted by Gasteiger charge is 2.32. The molecule has 1 heterocycles. The molecule has 0 aliphatic carbocycles. The second-order valence-corrected chi connectivity index (χ2v) is 3.06. The van der Waals surface area contributed by atoms with Crippen molar-refractivity contribution in [1.82, 2.24) is 10.2 Å². The summed E-state index contributed by atoms with van der Waals surface area (Å²) in [6.07, 6.45) is 5.01. The summed E-state index contributed by atoms with van der Waals surface area (Å²) in [6.45, 7) is 0.385. The standard InChI is InChI=1S/C10H12N2O3/c1-4-5-11-9(13)7-6-12(2)10(14)8(7)15-3/h1H,5-6H2,2-3H3,(H,11,13). The van der Waals surface area contributed by atoms with Gasteiger partial charge in [-0.25, -0.2) is 0 Å². The zero-order valence-corrected chi connectivity index (χ0v) is 8.66. The summed E-state index contributed by atoms with van der Waals surface area (Å²) >= 11 is 0. The summed E-state index contributed by atoms with van der Waals surface area (Å²) in [5, 5.41) is 2.49. The van der Waals surface area contributed by atoms with E-state index in [1.54, 1.807) is 7.05 Å². The second kappa shape index (κ2) is 4.51. The number of terminal acetylenes is 1. The zero-order chi connectivity index (χ0) is 11.4. The van der Waals surface area contributed by atoms with Crippen molar-refractivity contribution in [3.05, 3.63) is 11.3 Å². The molecule has 1 rings (SSSR count). The molecule has 0 aromatic heterocycles. The molecule has 0 atom stereocenters. The van der Waals surface area contributed by atoms with E-state index in [2.05, 4.69) is 11.2 Å². The smallest absolute Gasteiger partial charge is 0.289 e. The number of nitrogens with one attached hydrogen (secondary N) is 1. The summed E-state index contributed by atoms with van der Waals surface area (Å²) in [5.41, 5.74) is 0.320. The lowest BCUT2D eigenvalue weighted by Gasteiger charge is -2.06. The Kier molecular flexibility index (Phi) is 3.34. The zero-order valence-electron chi connectivity index (χ0n) is 8.66. The first-order valence-electron chi connectivity index (χ1n) is 4.36. The molecule has 0 aromatic rings. The van der Waals surface area contributed by atoms with E-state index in [0.717, 1.165) is 0 Å². The molecule has 1 N–H and O–H groups in total. The molecule has 0 saturated heterocycles. The fourth-order valence-electron chi connectivity index (χ4n) is 1.31. The minimum atomic E-state index is -0.359. The van der Waals surface area contributed by atoms with Gasteiger partial charge in [0.15, 0.2) is 5.76 Å². The Bertz CT molecular complexity index is 365. The van der Waals surface area contributed by atoms with Crippen molar-refractivity contribution < 1.29 is 14.3 Å². The highest BCUT2D eigenvalue weighted by atomic mass is 16.5. The number of rotatable bonds is 3. The Morgan fingerprint density at radius 3 is 2.93 bits per heavy atom. The molecule has 0 bridgehead atoms. The summed E-state index contributed by atoms with van der Waals surface area (Å²) in [5.74, 6) is 1.73. The number of hydrogen-bond acceptors (Lipinski definition) is 3. The van der Waals surface area contributed by atoms with Gasteiger partial charge in [-0.2, -0.15) is 0 Å². The molecule has 80 valence electrons. The van der Waals surface area contributed by atoms with Crippen molar-refractivity contribution >= 4 is 11.8 Å². The number of carbonyl (C=O) groups excluding carboxylic acids is 2. The normalized spacial score (nSPS) is 15.3. The molecule has 0 radical (unpaired) electrons. The molecule has 0 saturated carbocycles. The van der Waals surface area contributed by atoms with Gasteiger partial charge in [0, 0.05) is 7.05 Å². The fourth-order valence-corrected chi connectivity index (χ4v) is 1.31. The Hall–Kier alpha value is -1.96. The second-order valence-electron chi connectivity index (χ2n) is 3.06. The minimum Gasteiger partial charge on any atom is -0.491 e. The average molecular weight is 208 g/mol. The van der Waals surface area contributed by atoms with Crippen LogP contribution in [0.4, 0.5) is 0 Å². The van der Waals surface area contributed by atoms with Crippen molar-refractivity contribution in [2.45, 2.75) is 0 Å². The summed E-state index contributed by atoms with van der Waals surface area (Å²) in [7, 11) is 2.96. The van der Waals surface area contributed by atoms with E-state index in [1.807, 2.05) is 0 Å². The number of ether oxygens (including phenoxy) is 1. The van der Waals surface area contributed by atoms with Crippen LogP contribution in [0.5, 0.6) is 0 Å². The Morgan fingerprint density at radius 2 is 2.40 bits per heavy atom. The predicted molar refractivity (Wildman–Crippen MR) is 53.5 cm³/mol. The molecule has 5 heteroatoms. The number of methoxy groups -OCH3 is 1. The van der Waals surface area contributed by atoms with Gasteiger partial charge < -0.3 is 15.0 Å². The van der Waals surface area contributed by atoms with Gasteiger partial charge in [0.25, 0.3) is 11.8 Å². The van der Waals surface area contributed by atoms with Crippen LogP contribution in [-0.2, 0) is 14.3 Å². The van der Waals surface area contributed by atoms with E-state index in [9.17, 15) is 9.59 Å². The molecular formula is C10H12N2O3. The monoisotopic (exact) mass is 208 g/mol. The highest BCUT2D eigenvalue weighted by molar-refractivity contribution is 6.07. The van der Waals surface area contributed by atoms with Crippen molar-refractivity contribution in [2.75, 3.05) is 27.2 Å². The fraction of sp³-hybridized carbons (Fsp3) is 0.400. The molecule has 5 nitrogen and oxygen atoms in total. The SMILES string of the molecule is C#CCNC(=O)C1=C(OC)C(=O)N(C)C1. The van der Waals surface area contributed by atoms with E-state index >= 15 is 0 Å². The van der Waals surface area contributed by atoms with Crippen molar-refractivity contribution in [2.24, 2.45) is 0 Å². The maximum absolute atomic E-state index is 11.5. The number of nitrogens with zero attached hydrogens (tertiary/aromatic N) is 1. The van der Waals surface area contributed by atoms with Gasteiger partial charge in [0.05, 0.1) is 25.8 Å². The Balaban J connectivity index is 2.84. The van der Waals surface area contributed by atoms with Crippen LogP contribution in [0.1, 0.15) is 0 Å². The maximum Gasteiger partial charge on any atom is 0.289 e. The summed E-state index contributed by atoms with van der Waals surface area (Å²) in [4.78, 5) is 24.4. The number of carbonyl (C=O) groups is 2. The van der Waals surface area contributed by atoms with Crippen LogP contribution in [0.15, 0.2) is 11.3 Å². The third kappa shape index (κ3) is 2.10. The molecule has 0 unspecified atom stereocenters. The molecule has 1 aliphatic rings.